The number of nitrogens with zero attached hydrogens (tertiary/aromatic N) is 1. The van der Waals surface area contributed by atoms with E-state index in [9.17, 15) is 4.79 Å². The van der Waals surface area contributed by atoms with E-state index in [-0.39, 0.29) is 0 Å². The number of carbonyl (C=O) groups excluding carboxylic acids is 1. The van der Waals surface area contributed by atoms with Gasteiger partial charge in [-0.05, 0) is 60.5 Å². The molecule has 1 heterocycles. The average molecular weight is 402 g/mol. The van der Waals surface area contributed by atoms with Crippen LogP contribution >= 0.6 is 15.9 Å². The maximum atomic E-state index is 12.4. The van der Waals surface area contributed by atoms with Crippen molar-refractivity contribution in [3.8, 4) is 5.75 Å². The molecule has 0 aliphatic carbocycles. The van der Waals surface area contributed by atoms with Crippen LogP contribution < -0.4 is 4.74 Å². The largest absolute Gasteiger partial charge is 0.489 e. The molecule has 0 amide bonds. The number of hydrogen-bond donors (Lipinski definition) is 0. The highest BCUT2D eigenvalue weighted by molar-refractivity contribution is 9.10. The van der Waals surface area contributed by atoms with Gasteiger partial charge in [0.2, 0.25) is 0 Å². The fraction of sp³-hybridized carbons (Fsp3) is 0.250. The van der Waals surface area contributed by atoms with Crippen LogP contribution in [0, 0.1) is 0 Å². The third kappa shape index (κ3) is 4.23. The predicted octanol–water partition coefficient (Wildman–Crippen LogP) is 5.77. The molecule has 5 heteroatoms. The van der Waals surface area contributed by atoms with Crippen molar-refractivity contribution in [1.82, 2.24) is 4.57 Å². The molecule has 0 radical (unpaired) electrons. The third-order valence-electron chi connectivity index (χ3n) is 3.57. The molecule has 3 rings (SSSR count). The highest BCUT2D eigenvalue weighted by Gasteiger charge is 2.20. The van der Waals surface area contributed by atoms with Gasteiger partial charge in [0.1, 0.15) is 18.0 Å². The summed E-state index contributed by atoms with van der Waals surface area (Å²) in [4.78, 5) is 12.4. The summed E-state index contributed by atoms with van der Waals surface area (Å²) < 4.78 is 13.6. The SMILES string of the molecule is CC(C)(C)OC(=O)n1cc(Br)c2cc(OCc3ccccc3)ccc21. The second kappa shape index (κ2) is 6.92. The summed E-state index contributed by atoms with van der Waals surface area (Å²) in [5.41, 5.74) is 1.33. The summed E-state index contributed by atoms with van der Waals surface area (Å²) in [5.74, 6) is 0.749. The summed E-state index contributed by atoms with van der Waals surface area (Å²) in [6.45, 7) is 6.04. The molecular weight excluding hydrogens is 382 g/mol. The maximum Gasteiger partial charge on any atom is 0.419 e. The van der Waals surface area contributed by atoms with Crippen LogP contribution in [0.5, 0.6) is 5.75 Å². The number of rotatable bonds is 3. The smallest absolute Gasteiger partial charge is 0.419 e. The lowest BCUT2D eigenvalue weighted by atomic mass is 10.2. The number of carbonyl (C=O) groups is 1. The van der Waals surface area contributed by atoms with Crippen LogP contribution in [0.1, 0.15) is 26.3 Å². The minimum absolute atomic E-state index is 0.402. The van der Waals surface area contributed by atoms with E-state index in [0.717, 1.165) is 26.7 Å². The van der Waals surface area contributed by atoms with E-state index in [1.54, 1.807) is 6.20 Å². The van der Waals surface area contributed by atoms with Crippen molar-refractivity contribution in [2.45, 2.75) is 33.0 Å². The van der Waals surface area contributed by atoms with Gasteiger partial charge >= 0.3 is 6.09 Å². The molecule has 130 valence electrons. The first-order chi connectivity index (χ1) is 11.8. The first kappa shape index (κ1) is 17.5. The standard InChI is InChI=1S/C20H20BrNO3/c1-20(2,3)25-19(23)22-12-17(21)16-11-15(9-10-18(16)22)24-13-14-7-5-4-6-8-14/h4-12H,13H2,1-3H3. The van der Waals surface area contributed by atoms with E-state index in [0.29, 0.717) is 6.61 Å². The molecule has 25 heavy (non-hydrogen) atoms. The van der Waals surface area contributed by atoms with Crippen LogP contribution in [0.2, 0.25) is 0 Å². The van der Waals surface area contributed by atoms with Crippen LogP contribution in [0.3, 0.4) is 0 Å². The highest BCUT2D eigenvalue weighted by atomic mass is 79.9. The molecule has 0 bridgehead atoms. The van der Waals surface area contributed by atoms with Crippen molar-refractivity contribution >= 4 is 32.9 Å². The first-order valence-corrected chi connectivity index (χ1v) is 8.83. The molecule has 4 nitrogen and oxygen atoms in total. The van der Waals surface area contributed by atoms with Gasteiger partial charge in [0.15, 0.2) is 0 Å². The van der Waals surface area contributed by atoms with E-state index in [1.807, 2.05) is 69.3 Å². The summed E-state index contributed by atoms with van der Waals surface area (Å²) in [7, 11) is 0. The van der Waals surface area contributed by atoms with E-state index in [4.69, 9.17) is 9.47 Å². The zero-order valence-electron chi connectivity index (χ0n) is 14.5. The Labute approximate surface area is 155 Å². The Bertz CT molecular complexity index is 894. The molecule has 1 aromatic heterocycles. The molecule has 0 unspecified atom stereocenters. The lowest BCUT2D eigenvalue weighted by Crippen LogP contribution is -2.26. The Morgan fingerprint density at radius 1 is 1.12 bits per heavy atom. The molecule has 0 aliphatic heterocycles. The molecule has 0 spiro atoms. The van der Waals surface area contributed by atoms with Crippen LogP contribution in [0.15, 0.2) is 59.2 Å². The first-order valence-electron chi connectivity index (χ1n) is 8.04. The second-order valence-corrected chi connectivity index (χ2v) is 7.63. The van der Waals surface area contributed by atoms with E-state index in [1.165, 1.54) is 4.57 Å². The van der Waals surface area contributed by atoms with Crippen LogP contribution in [-0.4, -0.2) is 16.3 Å². The lowest BCUT2D eigenvalue weighted by Gasteiger charge is -2.19. The second-order valence-electron chi connectivity index (χ2n) is 6.78. The third-order valence-corrected chi connectivity index (χ3v) is 4.20. The molecule has 0 atom stereocenters. The van der Waals surface area contributed by atoms with Crippen molar-refractivity contribution < 1.29 is 14.3 Å². The number of hydrogen-bond acceptors (Lipinski definition) is 3. The summed E-state index contributed by atoms with van der Waals surface area (Å²) in [6.07, 6.45) is 1.32. The van der Waals surface area contributed by atoms with E-state index in [2.05, 4.69) is 15.9 Å². The Morgan fingerprint density at radius 3 is 2.52 bits per heavy atom. The number of fused-ring (bicyclic) bond motifs is 1. The monoisotopic (exact) mass is 401 g/mol. The highest BCUT2D eigenvalue weighted by Crippen LogP contribution is 2.30. The minimum Gasteiger partial charge on any atom is -0.489 e. The molecule has 0 N–H and O–H groups in total. The molecule has 0 saturated heterocycles. The van der Waals surface area contributed by atoms with Crippen molar-refractivity contribution in [2.75, 3.05) is 0 Å². The van der Waals surface area contributed by atoms with Gasteiger partial charge in [0, 0.05) is 16.1 Å². The zero-order valence-corrected chi connectivity index (χ0v) is 16.0. The van der Waals surface area contributed by atoms with Crippen LogP contribution in [-0.2, 0) is 11.3 Å². The lowest BCUT2D eigenvalue weighted by molar-refractivity contribution is 0.0544. The number of ether oxygens (including phenoxy) is 2. The molecular formula is C20H20BrNO3. The van der Waals surface area contributed by atoms with Gasteiger partial charge in [-0.1, -0.05) is 30.3 Å². The Hall–Kier alpha value is -2.27. The average Bonchev–Trinajstić information content (AvgIpc) is 2.89. The van der Waals surface area contributed by atoms with Gasteiger partial charge in [-0.15, -0.1) is 0 Å². The minimum atomic E-state index is -0.543. The summed E-state index contributed by atoms with van der Waals surface area (Å²) in [5, 5.41) is 0.899. The summed E-state index contributed by atoms with van der Waals surface area (Å²) >= 11 is 3.51. The number of halogens is 1. The van der Waals surface area contributed by atoms with E-state index >= 15 is 0 Å². The summed E-state index contributed by atoms with van der Waals surface area (Å²) in [6, 6.07) is 15.6. The van der Waals surface area contributed by atoms with Gasteiger partial charge in [0.25, 0.3) is 0 Å². The van der Waals surface area contributed by atoms with Crippen molar-refractivity contribution in [1.29, 1.82) is 0 Å². The fourth-order valence-corrected chi connectivity index (χ4v) is 2.98. The quantitative estimate of drug-likeness (QED) is 0.559. The molecule has 0 aliphatic rings. The van der Waals surface area contributed by atoms with E-state index < -0.39 is 11.7 Å². The van der Waals surface area contributed by atoms with Crippen molar-refractivity contribution in [2.24, 2.45) is 0 Å². The van der Waals surface area contributed by atoms with Gasteiger partial charge < -0.3 is 9.47 Å². The van der Waals surface area contributed by atoms with Gasteiger partial charge in [-0.3, -0.25) is 4.57 Å². The maximum absolute atomic E-state index is 12.4. The van der Waals surface area contributed by atoms with Gasteiger partial charge in [-0.25, -0.2) is 4.79 Å². The number of benzene rings is 2. The Kier molecular flexibility index (Phi) is 4.86. The molecule has 2 aromatic carbocycles. The molecule has 0 fully saturated rings. The number of aromatic nitrogens is 1. The predicted molar refractivity (Wildman–Crippen MR) is 102 cm³/mol. The topological polar surface area (TPSA) is 40.5 Å². The normalized spacial score (nSPS) is 11.5. The Balaban J connectivity index is 1.84. The van der Waals surface area contributed by atoms with Gasteiger partial charge in [-0.2, -0.15) is 0 Å². The molecule has 3 aromatic rings. The fourth-order valence-electron chi connectivity index (χ4n) is 2.46. The van der Waals surface area contributed by atoms with Gasteiger partial charge in [0.05, 0.1) is 5.52 Å². The molecule has 0 saturated carbocycles. The van der Waals surface area contributed by atoms with Crippen molar-refractivity contribution in [3.63, 3.8) is 0 Å². The van der Waals surface area contributed by atoms with Crippen LogP contribution in [0.25, 0.3) is 10.9 Å². The van der Waals surface area contributed by atoms with Crippen LogP contribution in [0.4, 0.5) is 4.79 Å². The Morgan fingerprint density at radius 2 is 1.84 bits per heavy atom. The van der Waals surface area contributed by atoms with Crippen molar-refractivity contribution in [3.05, 3.63) is 64.8 Å². The zero-order chi connectivity index (χ0) is 18.0.